The van der Waals surface area contributed by atoms with E-state index < -0.39 is 40.7 Å². The molecule has 3 saturated carbocycles. The lowest BCUT2D eigenvalue weighted by Gasteiger charge is -2.32. The molecular weight excluding hydrogens is 504 g/mol. The van der Waals surface area contributed by atoms with Crippen molar-refractivity contribution in [2.75, 3.05) is 26.3 Å². The molecule has 0 aromatic heterocycles. The van der Waals surface area contributed by atoms with Gasteiger partial charge in [0, 0.05) is 48.6 Å². The van der Waals surface area contributed by atoms with Crippen molar-refractivity contribution in [3.8, 4) is 0 Å². The van der Waals surface area contributed by atoms with Crippen molar-refractivity contribution in [2.24, 2.45) is 35.5 Å². The van der Waals surface area contributed by atoms with Gasteiger partial charge in [-0.25, -0.2) is 10.4 Å². The summed E-state index contributed by atoms with van der Waals surface area (Å²) in [6.45, 7) is 1.49. The molecule has 0 aromatic rings. The van der Waals surface area contributed by atoms with Crippen LogP contribution in [0.5, 0.6) is 0 Å². The van der Waals surface area contributed by atoms with Crippen LogP contribution in [-0.2, 0) is 19.3 Å². The van der Waals surface area contributed by atoms with E-state index in [9.17, 15) is 34.9 Å². The van der Waals surface area contributed by atoms with Gasteiger partial charge in [-0.2, -0.15) is 0 Å². The average molecular weight is 545 g/mol. The van der Waals surface area contributed by atoms with Gasteiger partial charge in [-0.15, -0.1) is 0 Å². The van der Waals surface area contributed by atoms with Crippen molar-refractivity contribution >= 4 is 11.9 Å². The monoisotopic (exact) mass is 544 g/mol. The minimum absolute atomic E-state index is 0.00784. The molecule has 216 valence electrons. The molecule has 0 radical (unpaired) electrons. The molecule has 0 bridgehead atoms. The lowest BCUT2D eigenvalue weighted by atomic mass is 9.76. The topological polar surface area (TPSA) is 203 Å². The first kappa shape index (κ1) is 30.1. The number of hydrogen-bond acceptors (Lipinski definition) is 10. The quantitative estimate of drug-likeness (QED) is 0.114. The van der Waals surface area contributed by atoms with Crippen LogP contribution >= 0.6 is 0 Å². The third kappa shape index (κ3) is 8.55. The maximum Gasteiger partial charge on any atom is 0.307 e. The van der Waals surface area contributed by atoms with Crippen LogP contribution in [0.3, 0.4) is 0 Å². The minimum Gasteiger partial charge on any atom is -0.481 e. The summed E-state index contributed by atoms with van der Waals surface area (Å²) in [4.78, 5) is 55.9. The highest BCUT2D eigenvalue weighted by atomic mass is 17.1. The van der Waals surface area contributed by atoms with E-state index in [1.165, 1.54) is 0 Å². The zero-order chi connectivity index (χ0) is 27.7. The third-order valence-electron chi connectivity index (χ3n) is 8.78. The lowest BCUT2D eigenvalue weighted by Crippen LogP contribution is -2.45. The van der Waals surface area contributed by atoms with Gasteiger partial charge >= 0.3 is 5.97 Å². The van der Waals surface area contributed by atoms with Gasteiger partial charge in [0.15, 0.2) is 0 Å². The summed E-state index contributed by atoms with van der Waals surface area (Å²) in [6.07, 6.45) is 5.35. The van der Waals surface area contributed by atoms with Gasteiger partial charge in [-0.1, -0.05) is 0 Å². The zero-order valence-electron chi connectivity index (χ0n) is 21.6. The number of amides is 1. The summed E-state index contributed by atoms with van der Waals surface area (Å²) in [7, 11) is 0. The van der Waals surface area contributed by atoms with E-state index in [0.29, 0.717) is 44.9 Å². The maximum absolute atomic E-state index is 12.7. The number of nitrogens with one attached hydrogen (secondary N) is 2. The van der Waals surface area contributed by atoms with Crippen LogP contribution < -0.4 is 10.8 Å². The van der Waals surface area contributed by atoms with Crippen molar-refractivity contribution in [1.82, 2.24) is 10.8 Å². The maximum atomic E-state index is 12.7. The largest absolute Gasteiger partial charge is 0.481 e. The van der Waals surface area contributed by atoms with Gasteiger partial charge in [-0.3, -0.25) is 35.1 Å². The Morgan fingerprint density at radius 2 is 1.39 bits per heavy atom. The molecule has 14 nitrogen and oxygen atoms in total. The molecule has 0 spiro atoms. The van der Waals surface area contributed by atoms with Gasteiger partial charge in [0.05, 0.1) is 25.0 Å². The van der Waals surface area contributed by atoms with E-state index in [4.69, 9.17) is 10.1 Å². The molecule has 38 heavy (non-hydrogen) atoms. The van der Waals surface area contributed by atoms with Crippen molar-refractivity contribution < 1.29 is 39.5 Å². The third-order valence-corrected chi connectivity index (χ3v) is 8.78. The predicted molar refractivity (Wildman–Crippen MR) is 132 cm³/mol. The summed E-state index contributed by atoms with van der Waals surface area (Å²) >= 11 is 0. The molecule has 6 atom stereocenters. The highest BCUT2D eigenvalue weighted by molar-refractivity contribution is 5.85. The van der Waals surface area contributed by atoms with Gasteiger partial charge in [0.25, 0.3) is 0 Å². The van der Waals surface area contributed by atoms with Crippen molar-refractivity contribution in [2.45, 2.75) is 76.3 Å². The number of nitro groups is 2. The number of carboxylic acid groups (broad SMARTS) is 1. The molecule has 6 unspecified atom stereocenters. The summed E-state index contributed by atoms with van der Waals surface area (Å²) < 4.78 is 0. The van der Waals surface area contributed by atoms with E-state index in [1.54, 1.807) is 0 Å². The number of nitrogens with zero attached hydrogens (tertiary/aromatic N) is 2. The van der Waals surface area contributed by atoms with Gasteiger partial charge in [0.2, 0.25) is 18.0 Å². The van der Waals surface area contributed by atoms with Crippen molar-refractivity contribution in [3.63, 3.8) is 0 Å². The van der Waals surface area contributed by atoms with E-state index in [-0.39, 0.29) is 48.5 Å². The van der Waals surface area contributed by atoms with E-state index >= 15 is 0 Å². The van der Waals surface area contributed by atoms with E-state index in [0.717, 1.165) is 25.7 Å². The Kier molecular flexibility index (Phi) is 11.6. The number of hydroxylamine groups is 1. The molecule has 3 aliphatic carbocycles. The number of hydrogen-bond donors (Lipinski definition) is 4. The van der Waals surface area contributed by atoms with Crippen LogP contribution in [0.2, 0.25) is 0 Å². The molecule has 0 heterocycles. The first-order valence-corrected chi connectivity index (χ1v) is 13.6. The number of carboxylic acids is 1. The van der Waals surface area contributed by atoms with Crippen LogP contribution in [0.25, 0.3) is 0 Å². The Labute approximate surface area is 221 Å². The van der Waals surface area contributed by atoms with Gasteiger partial charge in [-0.05, 0) is 62.2 Å². The fourth-order valence-corrected chi connectivity index (χ4v) is 6.30. The predicted octanol–water partition coefficient (Wildman–Crippen LogP) is 2.13. The first-order valence-electron chi connectivity index (χ1n) is 13.6. The SMILES string of the molecule is O=C(O)C1CCC([N+](=O)[O-])CC1C(=O)NCC1CCC(CNOCC2CC([N+](=O)[O-])CCC2COO)CC1. The van der Waals surface area contributed by atoms with Crippen LogP contribution in [0.1, 0.15) is 64.2 Å². The molecule has 3 aliphatic rings. The Morgan fingerprint density at radius 3 is 2.00 bits per heavy atom. The standard InChI is InChI=1S/C24H40N4O10/c29-23(22-10-20(28(34)35)7-8-21(22)24(30)31)25-11-15-1-3-16(4-2-15)12-26-37-13-18-9-19(27(32)33)6-5-17(18)14-38-36/h15-22,26,36H,1-14H2,(H,25,29)(H,30,31). The summed E-state index contributed by atoms with van der Waals surface area (Å²) in [5.41, 5.74) is 2.99. The number of carbonyl (C=O) groups is 2. The van der Waals surface area contributed by atoms with Crippen LogP contribution in [0.15, 0.2) is 0 Å². The summed E-state index contributed by atoms with van der Waals surface area (Å²) in [5.74, 6) is -2.70. The highest BCUT2D eigenvalue weighted by Gasteiger charge is 2.43. The molecule has 0 aromatic carbocycles. The molecule has 14 heteroatoms. The zero-order valence-corrected chi connectivity index (χ0v) is 21.6. The summed E-state index contributed by atoms with van der Waals surface area (Å²) in [5, 5.41) is 43.4. The average Bonchev–Trinajstić information content (AvgIpc) is 2.90. The second-order valence-corrected chi connectivity index (χ2v) is 11.2. The fraction of sp³-hybridized carbons (Fsp3) is 0.917. The van der Waals surface area contributed by atoms with E-state index in [2.05, 4.69) is 15.7 Å². The Balaban J connectivity index is 1.34. The fourth-order valence-electron chi connectivity index (χ4n) is 6.30. The lowest BCUT2D eigenvalue weighted by molar-refractivity contribution is -0.529. The van der Waals surface area contributed by atoms with Crippen molar-refractivity contribution in [3.05, 3.63) is 20.2 Å². The molecule has 3 rings (SSSR count). The number of carbonyl (C=O) groups excluding carboxylic acids is 1. The van der Waals surface area contributed by atoms with Crippen LogP contribution in [-0.4, -0.2) is 70.5 Å². The first-order chi connectivity index (χ1) is 18.2. The summed E-state index contributed by atoms with van der Waals surface area (Å²) in [6, 6.07) is -1.48. The molecule has 0 saturated heterocycles. The molecular formula is C24H40N4O10. The highest BCUT2D eigenvalue weighted by Crippen LogP contribution is 2.34. The Hall–Kier alpha value is -2.42. The van der Waals surface area contributed by atoms with E-state index in [1.807, 2.05) is 0 Å². The second-order valence-electron chi connectivity index (χ2n) is 11.2. The smallest absolute Gasteiger partial charge is 0.307 e. The molecule has 4 N–H and O–H groups in total. The van der Waals surface area contributed by atoms with Gasteiger partial charge < -0.3 is 15.3 Å². The Bertz CT molecular complexity index is 822. The normalized spacial score (nSPS) is 33.8. The Morgan fingerprint density at radius 1 is 0.789 bits per heavy atom. The second kappa shape index (κ2) is 14.7. The van der Waals surface area contributed by atoms with Gasteiger partial charge in [0.1, 0.15) is 0 Å². The van der Waals surface area contributed by atoms with Crippen LogP contribution in [0, 0.1) is 55.7 Å². The number of rotatable bonds is 13. The van der Waals surface area contributed by atoms with Crippen molar-refractivity contribution in [1.29, 1.82) is 0 Å². The molecule has 1 amide bonds. The number of aliphatic carboxylic acids is 1. The molecule has 3 fully saturated rings. The van der Waals surface area contributed by atoms with Crippen LogP contribution in [0.4, 0.5) is 0 Å². The minimum atomic E-state index is -1.08. The molecule has 0 aliphatic heterocycles.